The Morgan fingerprint density at radius 3 is 2.67 bits per heavy atom. The molecule has 0 bridgehead atoms. The first-order valence-corrected chi connectivity index (χ1v) is 6.46. The van der Waals surface area contributed by atoms with Gasteiger partial charge in [-0.2, -0.15) is 0 Å². The van der Waals surface area contributed by atoms with E-state index in [1.54, 1.807) is 17.4 Å². The predicted molar refractivity (Wildman–Crippen MR) is 74.6 cm³/mol. The second-order valence-electron chi connectivity index (χ2n) is 4.97. The van der Waals surface area contributed by atoms with E-state index < -0.39 is 0 Å². The van der Waals surface area contributed by atoms with Crippen LogP contribution >= 0.6 is 11.3 Å². The summed E-state index contributed by atoms with van der Waals surface area (Å²) in [6.45, 7) is 6.40. The fourth-order valence-corrected chi connectivity index (χ4v) is 2.22. The van der Waals surface area contributed by atoms with Gasteiger partial charge in [-0.15, -0.1) is 11.3 Å². The normalized spacial score (nSPS) is 12.2. The molecule has 0 spiro atoms. The molecule has 2 rings (SSSR count). The van der Waals surface area contributed by atoms with Crippen molar-refractivity contribution in [1.29, 1.82) is 0 Å². The highest BCUT2D eigenvalue weighted by molar-refractivity contribution is 7.12. The molecule has 0 saturated heterocycles. The van der Waals surface area contributed by atoms with Gasteiger partial charge in [0.1, 0.15) is 5.82 Å². The van der Waals surface area contributed by atoms with Crippen molar-refractivity contribution in [3.05, 3.63) is 44.5 Å². The SMILES string of the molecule is CC(C)(C)c1ncc(C=Cc2nccc(=O)[nH]2)s1. The molecule has 1 N–H and O–H groups in total. The third kappa shape index (κ3) is 3.13. The van der Waals surface area contributed by atoms with Crippen LogP contribution in [0.25, 0.3) is 12.2 Å². The predicted octanol–water partition coefficient (Wildman–Crippen LogP) is 2.69. The van der Waals surface area contributed by atoms with E-state index >= 15 is 0 Å². The molecule has 0 fully saturated rings. The zero-order valence-electron chi connectivity index (χ0n) is 10.6. The molecule has 4 nitrogen and oxygen atoms in total. The van der Waals surface area contributed by atoms with Gasteiger partial charge in [0.25, 0.3) is 5.56 Å². The molecule has 2 aromatic heterocycles. The molecular weight excluding hydrogens is 246 g/mol. The van der Waals surface area contributed by atoms with E-state index in [9.17, 15) is 4.79 Å². The van der Waals surface area contributed by atoms with E-state index in [0.717, 1.165) is 9.88 Å². The van der Waals surface area contributed by atoms with Crippen LogP contribution in [-0.2, 0) is 5.41 Å². The highest BCUT2D eigenvalue weighted by Gasteiger charge is 2.17. The number of thiazole rings is 1. The standard InChI is InChI=1S/C13H15N3OS/c1-13(2,3)12-15-8-9(18-12)4-5-10-14-7-6-11(17)16-10/h4-8H,1-3H3,(H,14,16,17). The molecule has 0 aliphatic rings. The molecule has 18 heavy (non-hydrogen) atoms. The highest BCUT2D eigenvalue weighted by Crippen LogP contribution is 2.27. The van der Waals surface area contributed by atoms with Gasteiger partial charge in [0, 0.05) is 28.8 Å². The van der Waals surface area contributed by atoms with Crippen molar-refractivity contribution in [2.24, 2.45) is 0 Å². The van der Waals surface area contributed by atoms with Gasteiger partial charge < -0.3 is 4.98 Å². The number of aromatic nitrogens is 3. The maximum atomic E-state index is 11.1. The first kappa shape index (κ1) is 12.7. The average Bonchev–Trinajstić information content (AvgIpc) is 2.74. The number of H-pyrrole nitrogens is 1. The third-order valence-electron chi connectivity index (χ3n) is 2.26. The van der Waals surface area contributed by atoms with Crippen LogP contribution in [0.2, 0.25) is 0 Å². The summed E-state index contributed by atoms with van der Waals surface area (Å²) >= 11 is 1.65. The molecule has 0 unspecified atom stereocenters. The molecule has 0 radical (unpaired) electrons. The third-order valence-corrected chi connectivity index (χ3v) is 3.65. The van der Waals surface area contributed by atoms with Crippen LogP contribution in [0.3, 0.4) is 0 Å². The Hall–Kier alpha value is -1.75. The Morgan fingerprint density at radius 2 is 2.06 bits per heavy atom. The molecule has 0 aromatic carbocycles. The summed E-state index contributed by atoms with van der Waals surface area (Å²) in [5, 5.41) is 1.09. The van der Waals surface area contributed by atoms with Crippen molar-refractivity contribution >= 4 is 23.5 Å². The summed E-state index contributed by atoms with van der Waals surface area (Å²) in [4.78, 5) is 23.2. The second-order valence-corrected chi connectivity index (χ2v) is 6.03. The molecule has 5 heteroatoms. The van der Waals surface area contributed by atoms with E-state index in [1.807, 2.05) is 12.3 Å². The van der Waals surface area contributed by atoms with E-state index in [1.165, 1.54) is 12.3 Å². The lowest BCUT2D eigenvalue weighted by molar-refractivity contribution is 0.585. The Bertz CT molecular complexity index is 619. The molecule has 94 valence electrons. The van der Waals surface area contributed by atoms with Gasteiger partial charge in [-0.1, -0.05) is 20.8 Å². The molecule has 2 heterocycles. The Morgan fingerprint density at radius 1 is 1.28 bits per heavy atom. The first-order chi connectivity index (χ1) is 8.45. The Kier molecular flexibility index (Phi) is 3.43. The summed E-state index contributed by atoms with van der Waals surface area (Å²) in [6.07, 6.45) is 7.01. The summed E-state index contributed by atoms with van der Waals surface area (Å²) < 4.78 is 0. The molecule has 0 aliphatic heterocycles. The second kappa shape index (κ2) is 4.86. The van der Waals surface area contributed by atoms with Crippen LogP contribution in [0.1, 0.15) is 36.5 Å². The van der Waals surface area contributed by atoms with Gasteiger partial charge in [0.05, 0.1) is 5.01 Å². The molecule has 0 atom stereocenters. The fourth-order valence-electron chi connectivity index (χ4n) is 1.34. The van der Waals surface area contributed by atoms with Crippen LogP contribution in [0.5, 0.6) is 0 Å². The quantitative estimate of drug-likeness (QED) is 0.904. The number of aromatic amines is 1. The number of hydrogen-bond acceptors (Lipinski definition) is 4. The lowest BCUT2D eigenvalue weighted by Crippen LogP contribution is -2.09. The van der Waals surface area contributed by atoms with Crippen molar-refractivity contribution in [3.8, 4) is 0 Å². The zero-order chi connectivity index (χ0) is 13.2. The number of hydrogen-bond donors (Lipinski definition) is 1. The van der Waals surface area contributed by atoms with Crippen molar-refractivity contribution in [2.75, 3.05) is 0 Å². The van der Waals surface area contributed by atoms with E-state index in [-0.39, 0.29) is 11.0 Å². The van der Waals surface area contributed by atoms with Crippen LogP contribution in [-0.4, -0.2) is 15.0 Å². The Labute approximate surface area is 109 Å². The monoisotopic (exact) mass is 261 g/mol. The minimum absolute atomic E-state index is 0.0655. The molecule has 0 aliphatic carbocycles. The van der Waals surface area contributed by atoms with Gasteiger partial charge >= 0.3 is 0 Å². The summed E-state index contributed by atoms with van der Waals surface area (Å²) in [7, 11) is 0. The first-order valence-electron chi connectivity index (χ1n) is 5.65. The summed E-state index contributed by atoms with van der Waals surface area (Å²) in [5.41, 5.74) is -0.0832. The van der Waals surface area contributed by atoms with E-state index in [0.29, 0.717) is 5.82 Å². The van der Waals surface area contributed by atoms with Gasteiger partial charge in [0.15, 0.2) is 0 Å². The fraction of sp³-hybridized carbons (Fsp3) is 0.308. The topological polar surface area (TPSA) is 58.6 Å². The number of nitrogens with zero attached hydrogens (tertiary/aromatic N) is 2. The van der Waals surface area contributed by atoms with Crippen molar-refractivity contribution in [1.82, 2.24) is 15.0 Å². The van der Waals surface area contributed by atoms with Crippen molar-refractivity contribution in [3.63, 3.8) is 0 Å². The lowest BCUT2D eigenvalue weighted by atomic mass is 9.98. The van der Waals surface area contributed by atoms with E-state index in [2.05, 4.69) is 35.7 Å². The van der Waals surface area contributed by atoms with Crippen LogP contribution in [0.15, 0.2) is 23.3 Å². The van der Waals surface area contributed by atoms with Crippen LogP contribution in [0.4, 0.5) is 0 Å². The smallest absolute Gasteiger partial charge is 0.251 e. The maximum absolute atomic E-state index is 11.1. The minimum atomic E-state index is -0.149. The number of rotatable bonds is 2. The summed E-state index contributed by atoms with van der Waals surface area (Å²) in [6, 6.07) is 1.39. The highest BCUT2D eigenvalue weighted by atomic mass is 32.1. The van der Waals surface area contributed by atoms with Crippen LogP contribution < -0.4 is 5.56 Å². The maximum Gasteiger partial charge on any atom is 0.251 e. The minimum Gasteiger partial charge on any atom is -0.307 e. The zero-order valence-corrected chi connectivity index (χ0v) is 11.4. The molecule has 0 amide bonds. The van der Waals surface area contributed by atoms with Crippen LogP contribution in [0, 0.1) is 0 Å². The molecular formula is C13H15N3OS. The van der Waals surface area contributed by atoms with Crippen molar-refractivity contribution in [2.45, 2.75) is 26.2 Å². The average molecular weight is 261 g/mol. The van der Waals surface area contributed by atoms with E-state index in [4.69, 9.17) is 0 Å². The Balaban J connectivity index is 2.19. The van der Waals surface area contributed by atoms with Crippen molar-refractivity contribution < 1.29 is 0 Å². The van der Waals surface area contributed by atoms with Gasteiger partial charge in [-0.05, 0) is 12.2 Å². The van der Waals surface area contributed by atoms with Gasteiger partial charge in [-0.3, -0.25) is 4.79 Å². The largest absolute Gasteiger partial charge is 0.307 e. The van der Waals surface area contributed by atoms with Gasteiger partial charge in [0.2, 0.25) is 0 Å². The molecule has 0 saturated carbocycles. The lowest BCUT2D eigenvalue weighted by Gasteiger charge is -2.13. The number of nitrogens with one attached hydrogen (secondary N) is 1. The van der Waals surface area contributed by atoms with Gasteiger partial charge in [-0.25, -0.2) is 9.97 Å². The summed E-state index contributed by atoms with van der Waals surface area (Å²) in [5.74, 6) is 0.549. The molecule has 2 aromatic rings.